The summed E-state index contributed by atoms with van der Waals surface area (Å²) in [7, 11) is 5.20. The van der Waals surface area contributed by atoms with Crippen LogP contribution in [-0.4, -0.2) is 80.7 Å². The number of allylic oxidation sites excluding steroid dienone is 1. The Hall–Kier alpha value is -3.21. The Labute approximate surface area is 226 Å². The molecule has 0 radical (unpaired) electrons. The maximum Gasteiger partial charge on any atom is 0.252 e. The van der Waals surface area contributed by atoms with Crippen molar-refractivity contribution in [3.63, 3.8) is 0 Å². The number of rotatable bonds is 5. The standard InChI is InChI=1S/C29H36FN3O6/c1-13-20(28(31)38)26(36)24(32(2)3)18-10-14-9-17-22(25(35)21(14)27(37)29(13,18)39)19(34)11-15(23(17)30)12-33(4)16-7-5-6-8-16/h11,14,16,18,24,34,36-37,39H,1,5-10,12H2,2-4H3,(H2,31,38)/t14-,18-,24-,29-/m0/s1. The Morgan fingerprint density at radius 2 is 1.85 bits per heavy atom. The molecule has 4 aliphatic carbocycles. The van der Waals surface area contributed by atoms with Crippen LogP contribution in [0.3, 0.4) is 0 Å². The summed E-state index contributed by atoms with van der Waals surface area (Å²) >= 11 is 0. The maximum atomic E-state index is 15.9. The largest absolute Gasteiger partial charge is 0.510 e. The van der Waals surface area contributed by atoms with Gasteiger partial charge in [-0.25, -0.2) is 4.39 Å². The molecular weight excluding hydrogens is 505 g/mol. The predicted octanol–water partition coefficient (Wildman–Crippen LogP) is 2.62. The molecule has 0 aliphatic heterocycles. The molecule has 1 saturated carbocycles. The molecule has 0 aromatic heterocycles. The van der Waals surface area contributed by atoms with Crippen LogP contribution in [0, 0.1) is 17.7 Å². The number of phenolic OH excluding ortho intramolecular Hbond substituents is 1. The number of hydrogen-bond donors (Lipinski definition) is 5. The van der Waals surface area contributed by atoms with Crippen molar-refractivity contribution in [1.82, 2.24) is 9.80 Å². The zero-order chi connectivity index (χ0) is 28.5. The molecule has 4 atom stereocenters. The minimum absolute atomic E-state index is 0.00714. The molecule has 0 unspecified atom stereocenters. The summed E-state index contributed by atoms with van der Waals surface area (Å²) in [5.41, 5.74) is 2.48. The third-order valence-corrected chi connectivity index (χ3v) is 9.29. The van der Waals surface area contributed by atoms with E-state index in [0.29, 0.717) is 11.6 Å². The van der Waals surface area contributed by atoms with Crippen molar-refractivity contribution in [1.29, 1.82) is 0 Å². The minimum Gasteiger partial charge on any atom is -0.510 e. The number of primary amides is 1. The molecule has 0 heterocycles. The van der Waals surface area contributed by atoms with Crippen molar-refractivity contribution in [3.05, 3.63) is 63.4 Å². The highest BCUT2D eigenvalue weighted by molar-refractivity contribution is 6.13. The maximum absolute atomic E-state index is 15.9. The Bertz CT molecular complexity index is 1340. The number of nitrogens with zero attached hydrogens (tertiary/aromatic N) is 2. The molecule has 1 aromatic carbocycles. The van der Waals surface area contributed by atoms with Crippen LogP contribution in [-0.2, 0) is 17.8 Å². The van der Waals surface area contributed by atoms with E-state index in [1.165, 1.54) is 6.07 Å². The van der Waals surface area contributed by atoms with Crippen molar-refractivity contribution in [2.45, 2.75) is 62.8 Å². The van der Waals surface area contributed by atoms with E-state index in [0.717, 1.165) is 25.7 Å². The highest BCUT2D eigenvalue weighted by Crippen LogP contribution is 2.55. The van der Waals surface area contributed by atoms with Crippen LogP contribution in [0.1, 0.15) is 53.6 Å². The number of aromatic hydroxyl groups is 1. The van der Waals surface area contributed by atoms with Crippen LogP contribution in [0.5, 0.6) is 5.75 Å². The summed E-state index contributed by atoms with van der Waals surface area (Å²) in [5, 5.41) is 45.2. The second-order valence-electron chi connectivity index (χ2n) is 11.7. The fourth-order valence-corrected chi connectivity index (χ4v) is 7.38. The van der Waals surface area contributed by atoms with Gasteiger partial charge in [-0.3, -0.25) is 19.4 Å². The number of fused-ring (bicyclic) bond motifs is 3. The van der Waals surface area contributed by atoms with Crippen LogP contribution in [0.4, 0.5) is 4.39 Å². The molecule has 9 nitrogen and oxygen atoms in total. The molecule has 210 valence electrons. The third kappa shape index (κ3) is 3.91. The lowest BCUT2D eigenvalue weighted by Gasteiger charge is -2.52. The van der Waals surface area contributed by atoms with Gasteiger partial charge in [0.15, 0.2) is 11.4 Å². The Morgan fingerprint density at radius 1 is 1.21 bits per heavy atom. The second-order valence-corrected chi connectivity index (χ2v) is 11.7. The number of aliphatic hydroxyl groups excluding tert-OH is 2. The number of carbonyl (C=O) groups is 2. The molecule has 5 rings (SSSR count). The summed E-state index contributed by atoms with van der Waals surface area (Å²) in [4.78, 5) is 29.6. The average Bonchev–Trinajstić information content (AvgIpc) is 3.39. The van der Waals surface area contributed by atoms with E-state index < -0.39 is 52.3 Å². The molecule has 4 aliphatic rings. The van der Waals surface area contributed by atoms with Crippen molar-refractivity contribution < 1.29 is 34.4 Å². The Balaban J connectivity index is 1.61. The van der Waals surface area contributed by atoms with Gasteiger partial charge in [0.1, 0.15) is 23.1 Å². The molecule has 0 bridgehead atoms. The van der Waals surface area contributed by atoms with Crippen LogP contribution < -0.4 is 5.73 Å². The summed E-state index contributed by atoms with van der Waals surface area (Å²) in [6, 6.07) is 0.663. The summed E-state index contributed by atoms with van der Waals surface area (Å²) in [5.74, 6) is -5.49. The van der Waals surface area contributed by atoms with E-state index in [9.17, 15) is 30.0 Å². The van der Waals surface area contributed by atoms with E-state index in [4.69, 9.17) is 5.73 Å². The first-order valence-electron chi connectivity index (χ1n) is 13.3. The van der Waals surface area contributed by atoms with Crippen molar-refractivity contribution >= 4 is 11.7 Å². The number of benzene rings is 1. The van der Waals surface area contributed by atoms with Gasteiger partial charge >= 0.3 is 0 Å². The van der Waals surface area contributed by atoms with Gasteiger partial charge in [0.05, 0.1) is 17.2 Å². The van der Waals surface area contributed by atoms with Gasteiger partial charge in [-0.05, 0) is 58.8 Å². The van der Waals surface area contributed by atoms with Crippen LogP contribution in [0.25, 0.3) is 0 Å². The molecule has 1 aromatic rings. The molecule has 0 spiro atoms. The fraction of sp³-hybridized carbons (Fsp3) is 0.517. The SMILES string of the molecule is C=C1C(C(N)=O)=C(O)[C@@H](N(C)C)[C@@H]2C[C@@H]3Cc4c(F)c(CN(C)C5CCCC5)cc(O)c4C(=O)C3=C(O)[C@]12O. The first-order chi connectivity index (χ1) is 18.3. The molecule has 1 fully saturated rings. The number of nitrogens with two attached hydrogens (primary N) is 1. The molecule has 0 saturated heterocycles. The van der Waals surface area contributed by atoms with Crippen LogP contribution >= 0.6 is 0 Å². The summed E-state index contributed by atoms with van der Waals surface area (Å²) < 4.78 is 15.9. The second kappa shape index (κ2) is 9.46. The number of hydrogen-bond acceptors (Lipinski definition) is 8. The number of phenols is 1. The molecule has 1 amide bonds. The predicted molar refractivity (Wildman–Crippen MR) is 141 cm³/mol. The van der Waals surface area contributed by atoms with E-state index in [-0.39, 0.29) is 53.2 Å². The van der Waals surface area contributed by atoms with Gasteiger partial charge in [0, 0.05) is 40.8 Å². The van der Waals surface area contributed by atoms with Crippen molar-refractivity contribution in [3.8, 4) is 5.75 Å². The molecule has 10 heteroatoms. The highest BCUT2D eigenvalue weighted by atomic mass is 19.1. The molecule has 6 N–H and O–H groups in total. The van der Waals surface area contributed by atoms with E-state index in [1.54, 1.807) is 19.0 Å². The molecular formula is C29H36FN3O6. The first-order valence-corrected chi connectivity index (χ1v) is 13.3. The van der Waals surface area contributed by atoms with Crippen LogP contribution in [0.15, 0.2) is 40.9 Å². The van der Waals surface area contributed by atoms with Gasteiger partial charge in [0.25, 0.3) is 5.91 Å². The van der Waals surface area contributed by atoms with E-state index >= 15 is 4.39 Å². The zero-order valence-corrected chi connectivity index (χ0v) is 22.5. The Morgan fingerprint density at radius 3 is 2.44 bits per heavy atom. The highest BCUT2D eigenvalue weighted by Gasteiger charge is 2.60. The number of halogens is 1. The van der Waals surface area contributed by atoms with E-state index in [1.807, 2.05) is 7.05 Å². The number of ketones is 1. The van der Waals surface area contributed by atoms with Gasteiger partial charge < -0.3 is 26.2 Å². The fourth-order valence-electron chi connectivity index (χ4n) is 7.38. The number of amides is 1. The van der Waals surface area contributed by atoms with Gasteiger partial charge in [0.2, 0.25) is 0 Å². The topological polar surface area (TPSA) is 148 Å². The van der Waals surface area contributed by atoms with E-state index in [2.05, 4.69) is 11.5 Å². The monoisotopic (exact) mass is 541 g/mol. The zero-order valence-electron chi connectivity index (χ0n) is 22.5. The number of likely N-dealkylation sites (N-methyl/N-ethyl adjacent to an activating group) is 1. The number of aliphatic hydroxyl groups is 3. The number of Topliss-reactive ketones (excluding diaryl/α,β-unsaturated/α-hetero) is 1. The smallest absolute Gasteiger partial charge is 0.252 e. The quantitative estimate of drug-likeness (QED) is 0.382. The van der Waals surface area contributed by atoms with Gasteiger partial charge in [-0.2, -0.15) is 0 Å². The van der Waals surface area contributed by atoms with Crippen LogP contribution in [0.2, 0.25) is 0 Å². The lowest BCUT2D eigenvalue weighted by Crippen LogP contribution is -2.60. The summed E-state index contributed by atoms with van der Waals surface area (Å²) in [6.07, 6.45) is 4.40. The van der Waals surface area contributed by atoms with Crippen molar-refractivity contribution in [2.24, 2.45) is 17.6 Å². The number of carbonyl (C=O) groups excluding carboxylic acids is 2. The lowest BCUT2D eigenvalue weighted by molar-refractivity contribution is -0.115. The minimum atomic E-state index is -2.28. The lowest BCUT2D eigenvalue weighted by atomic mass is 9.57. The summed E-state index contributed by atoms with van der Waals surface area (Å²) in [6.45, 7) is 4.05. The molecule has 39 heavy (non-hydrogen) atoms. The van der Waals surface area contributed by atoms with Crippen molar-refractivity contribution in [2.75, 3.05) is 21.1 Å². The Kier molecular flexibility index (Phi) is 6.64. The average molecular weight is 542 g/mol. The first kappa shape index (κ1) is 27.4. The van der Waals surface area contributed by atoms with Gasteiger partial charge in [-0.15, -0.1) is 0 Å². The van der Waals surface area contributed by atoms with Gasteiger partial charge in [-0.1, -0.05) is 19.4 Å². The normalized spacial score (nSPS) is 29.3. The third-order valence-electron chi connectivity index (χ3n) is 9.29.